The Labute approximate surface area is 125 Å². The summed E-state index contributed by atoms with van der Waals surface area (Å²) in [4.78, 5) is 23.0. The number of alkyl halides is 3. The van der Waals surface area contributed by atoms with E-state index >= 15 is 0 Å². The number of ketones is 1. The van der Waals surface area contributed by atoms with Crippen LogP contribution in [-0.2, 0) is 10.9 Å². The van der Waals surface area contributed by atoms with Crippen LogP contribution >= 0.6 is 0 Å². The summed E-state index contributed by atoms with van der Waals surface area (Å²) >= 11 is 0. The summed E-state index contributed by atoms with van der Waals surface area (Å²) in [6.07, 6.45) is -5.20. The van der Waals surface area contributed by atoms with Crippen molar-refractivity contribution in [1.29, 1.82) is 0 Å². The molecule has 122 valence electrons. The molecule has 1 amide bonds. The number of carbonyl (C=O) groups excluding carboxylic acids is 2. The predicted octanol–water partition coefficient (Wildman–Crippen LogP) is 2.92. The fourth-order valence-corrected chi connectivity index (χ4v) is 1.45. The zero-order valence-corrected chi connectivity index (χ0v) is 12.4. The first kappa shape index (κ1) is 18.0. The molecule has 22 heavy (non-hydrogen) atoms. The minimum Gasteiger partial charge on any atom is -0.443 e. The van der Waals surface area contributed by atoms with E-state index in [4.69, 9.17) is 4.74 Å². The van der Waals surface area contributed by atoms with Gasteiger partial charge in [0.1, 0.15) is 5.60 Å². The molecule has 0 saturated heterocycles. The molecule has 0 atom stereocenters. The SMILES string of the molecule is CC(C)(C)OC(=O)NNCC(=O)c1ccc(C(F)(F)F)cc1. The first-order valence-electron chi connectivity index (χ1n) is 6.41. The Balaban J connectivity index is 2.48. The molecule has 0 aliphatic heterocycles. The number of carbonyl (C=O) groups is 2. The van der Waals surface area contributed by atoms with Gasteiger partial charge in [-0.05, 0) is 32.9 Å². The lowest BCUT2D eigenvalue weighted by Gasteiger charge is -2.19. The number of hydrogen-bond donors (Lipinski definition) is 2. The van der Waals surface area contributed by atoms with E-state index in [2.05, 4.69) is 10.9 Å². The third kappa shape index (κ3) is 6.13. The van der Waals surface area contributed by atoms with E-state index in [1.807, 2.05) is 0 Å². The zero-order chi connectivity index (χ0) is 17.0. The van der Waals surface area contributed by atoms with Crippen LogP contribution in [0.25, 0.3) is 0 Å². The van der Waals surface area contributed by atoms with Crippen molar-refractivity contribution < 1.29 is 27.5 Å². The van der Waals surface area contributed by atoms with Gasteiger partial charge in [-0.25, -0.2) is 10.2 Å². The number of amides is 1. The summed E-state index contributed by atoms with van der Waals surface area (Å²) in [5, 5.41) is 0. The highest BCUT2D eigenvalue weighted by molar-refractivity contribution is 5.97. The van der Waals surface area contributed by atoms with Crippen LogP contribution in [0, 0.1) is 0 Å². The van der Waals surface area contributed by atoms with Gasteiger partial charge in [0.05, 0.1) is 12.1 Å². The second-order valence-corrected chi connectivity index (χ2v) is 5.48. The number of rotatable bonds is 4. The second-order valence-electron chi connectivity index (χ2n) is 5.48. The van der Waals surface area contributed by atoms with E-state index in [1.54, 1.807) is 20.8 Å². The number of ether oxygens (including phenoxy) is 1. The van der Waals surface area contributed by atoms with Gasteiger partial charge in [0.15, 0.2) is 5.78 Å². The molecule has 1 aromatic carbocycles. The summed E-state index contributed by atoms with van der Waals surface area (Å²) in [5.41, 5.74) is 3.11. The summed E-state index contributed by atoms with van der Waals surface area (Å²) in [5.74, 6) is -0.468. The Hall–Kier alpha value is -2.09. The Morgan fingerprint density at radius 3 is 2.09 bits per heavy atom. The smallest absolute Gasteiger partial charge is 0.422 e. The minimum absolute atomic E-state index is 0.103. The van der Waals surface area contributed by atoms with Gasteiger partial charge in [0.2, 0.25) is 0 Å². The Kier molecular flexibility index (Phi) is 5.54. The Morgan fingerprint density at radius 1 is 1.09 bits per heavy atom. The van der Waals surface area contributed by atoms with Gasteiger partial charge in [-0.2, -0.15) is 13.2 Å². The van der Waals surface area contributed by atoms with Gasteiger partial charge in [0.25, 0.3) is 0 Å². The van der Waals surface area contributed by atoms with Crippen LogP contribution in [0.5, 0.6) is 0 Å². The maximum Gasteiger partial charge on any atom is 0.422 e. The molecule has 2 N–H and O–H groups in total. The van der Waals surface area contributed by atoms with Gasteiger partial charge < -0.3 is 4.74 Å². The van der Waals surface area contributed by atoms with Gasteiger partial charge in [-0.1, -0.05) is 12.1 Å². The molecule has 0 saturated carbocycles. The predicted molar refractivity (Wildman–Crippen MR) is 73.1 cm³/mol. The van der Waals surface area contributed by atoms with Gasteiger partial charge >= 0.3 is 12.3 Å². The summed E-state index contributed by atoms with van der Waals surface area (Å²) in [6.45, 7) is 4.77. The normalized spacial score (nSPS) is 11.9. The number of nitrogens with one attached hydrogen (secondary N) is 2. The lowest BCUT2D eigenvalue weighted by molar-refractivity contribution is -0.137. The van der Waals surface area contributed by atoms with E-state index in [9.17, 15) is 22.8 Å². The van der Waals surface area contributed by atoms with Crippen LogP contribution in [-0.4, -0.2) is 24.0 Å². The highest BCUT2D eigenvalue weighted by Crippen LogP contribution is 2.29. The average Bonchev–Trinajstić information content (AvgIpc) is 2.35. The molecule has 5 nitrogen and oxygen atoms in total. The summed E-state index contributed by atoms with van der Waals surface area (Å²) in [7, 11) is 0. The third-order valence-electron chi connectivity index (χ3n) is 2.37. The molecule has 0 unspecified atom stereocenters. The van der Waals surface area contributed by atoms with Crippen molar-refractivity contribution in [2.45, 2.75) is 32.5 Å². The highest BCUT2D eigenvalue weighted by Gasteiger charge is 2.30. The number of hydrazine groups is 1. The van der Waals surface area contributed by atoms with E-state index < -0.39 is 29.2 Å². The van der Waals surface area contributed by atoms with Gasteiger partial charge in [-0.3, -0.25) is 10.2 Å². The van der Waals surface area contributed by atoms with Crippen molar-refractivity contribution in [3.05, 3.63) is 35.4 Å². The van der Waals surface area contributed by atoms with Crippen molar-refractivity contribution in [2.24, 2.45) is 0 Å². The molecule has 0 heterocycles. The molecule has 0 spiro atoms. The molecule has 0 bridgehead atoms. The fraction of sp³-hybridized carbons (Fsp3) is 0.429. The number of halogens is 3. The minimum atomic E-state index is -4.45. The molecule has 0 fully saturated rings. The molecule has 0 aliphatic carbocycles. The van der Waals surface area contributed by atoms with E-state index in [0.29, 0.717) is 0 Å². The lowest BCUT2D eigenvalue weighted by atomic mass is 10.1. The molecule has 1 rings (SSSR count). The fourth-order valence-electron chi connectivity index (χ4n) is 1.45. The first-order valence-corrected chi connectivity index (χ1v) is 6.41. The van der Waals surface area contributed by atoms with Crippen LogP contribution in [0.3, 0.4) is 0 Å². The van der Waals surface area contributed by atoms with Crippen molar-refractivity contribution in [1.82, 2.24) is 10.9 Å². The molecule has 8 heteroatoms. The van der Waals surface area contributed by atoms with E-state index in [-0.39, 0.29) is 12.1 Å². The number of Topliss-reactive ketones (excluding diaryl/α,β-unsaturated/α-hetero) is 1. The maximum atomic E-state index is 12.4. The molecular formula is C14H17F3N2O3. The van der Waals surface area contributed by atoms with E-state index in [1.165, 1.54) is 0 Å². The monoisotopic (exact) mass is 318 g/mol. The number of benzene rings is 1. The third-order valence-corrected chi connectivity index (χ3v) is 2.37. The van der Waals surface area contributed by atoms with Crippen LogP contribution < -0.4 is 10.9 Å². The summed E-state index contributed by atoms with van der Waals surface area (Å²) in [6, 6.07) is 3.82. The van der Waals surface area contributed by atoms with Crippen molar-refractivity contribution >= 4 is 11.9 Å². The highest BCUT2D eigenvalue weighted by atomic mass is 19.4. The second kappa shape index (κ2) is 6.78. The molecule has 1 aromatic rings. The maximum absolute atomic E-state index is 12.4. The van der Waals surface area contributed by atoms with Crippen LogP contribution in [0.2, 0.25) is 0 Å². The van der Waals surface area contributed by atoms with Gasteiger partial charge in [-0.15, -0.1) is 0 Å². The first-order chi connectivity index (χ1) is 9.99. The molecule has 0 aromatic heterocycles. The quantitative estimate of drug-likeness (QED) is 0.662. The van der Waals surface area contributed by atoms with Gasteiger partial charge in [0, 0.05) is 5.56 Å². The number of hydrogen-bond acceptors (Lipinski definition) is 4. The largest absolute Gasteiger partial charge is 0.443 e. The summed E-state index contributed by atoms with van der Waals surface area (Å²) < 4.78 is 42.1. The van der Waals surface area contributed by atoms with Crippen LogP contribution in [0.15, 0.2) is 24.3 Å². The lowest BCUT2D eigenvalue weighted by Crippen LogP contribution is -2.43. The van der Waals surface area contributed by atoms with Crippen LogP contribution in [0.1, 0.15) is 36.7 Å². The average molecular weight is 318 g/mol. The molecular weight excluding hydrogens is 301 g/mol. The van der Waals surface area contributed by atoms with Crippen LogP contribution in [0.4, 0.5) is 18.0 Å². The topological polar surface area (TPSA) is 67.4 Å². The van der Waals surface area contributed by atoms with E-state index in [0.717, 1.165) is 24.3 Å². The van der Waals surface area contributed by atoms with Crippen molar-refractivity contribution in [3.8, 4) is 0 Å². The van der Waals surface area contributed by atoms with Crippen molar-refractivity contribution in [3.63, 3.8) is 0 Å². The molecule has 0 aliphatic rings. The Morgan fingerprint density at radius 2 is 1.64 bits per heavy atom. The Bertz CT molecular complexity index is 534. The standard InChI is InChI=1S/C14H17F3N2O3/c1-13(2,3)22-12(21)19-18-8-11(20)9-4-6-10(7-5-9)14(15,16)17/h4-7,18H,8H2,1-3H3,(H,19,21). The van der Waals surface area contributed by atoms with Crippen molar-refractivity contribution in [2.75, 3.05) is 6.54 Å². The zero-order valence-electron chi connectivity index (χ0n) is 12.4. The molecule has 0 radical (unpaired) electrons.